The lowest BCUT2D eigenvalue weighted by molar-refractivity contribution is 0.0697. The fourth-order valence-corrected chi connectivity index (χ4v) is 1.52. The van der Waals surface area contributed by atoms with E-state index < -0.39 is 5.97 Å². The molecule has 2 N–H and O–H groups in total. The second-order valence-electron chi connectivity index (χ2n) is 5.74. The van der Waals surface area contributed by atoms with Crippen molar-refractivity contribution in [2.75, 3.05) is 19.7 Å². The van der Waals surface area contributed by atoms with Gasteiger partial charge in [-0.05, 0) is 42.6 Å². The summed E-state index contributed by atoms with van der Waals surface area (Å²) in [6, 6.07) is 6.45. The SMILES string of the molecule is CC(C)(C)CCNCCOc1ccc(C(=O)O)cc1. The van der Waals surface area contributed by atoms with Crippen LogP contribution in [-0.2, 0) is 0 Å². The molecule has 1 aromatic rings. The number of aromatic carboxylic acids is 1. The number of rotatable bonds is 7. The van der Waals surface area contributed by atoms with Crippen LogP contribution < -0.4 is 10.1 Å². The van der Waals surface area contributed by atoms with Crippen LogP contribution in [-0.4, -0.2) is 30.8 Å². The van der Waals surface area contributed by atoms with E-state index in [2.05, 4.69) is 26.1 Å². The fourth-order valence-electron chi connectivity index (χ4n) is 1.52. The minimum absolute atomic E-state index is 0.274. The Morgan fingerprint density at radius 2 is 1.84 bits per heavy atom. The zero-order chi connectivity index (χ0) is 14.3. The summed E-state index contributed by atoms with van der Waals surface area (Å²) < 4.78 is 5.52. The summed E-state index contributed by atoms with van der Waals surface area (Å²) in [7, 11) is 0. The zero-order valence-electron chi connectivity index (χ0n) is 11.9. The Kier molecular flexibility index (Phi) is 5.83. The monoisotopic (exact) mass is 265 g/mol. The molecule has 0 heterocycles. The lowest BCUT2D eigenvalue weighted by atomic mass is 9.92. The van der Waals surface area contributed by atoms with Gasteiger partial charge in [0, 0.05) is 6.54 Å². The van der Waals surface area contributed by atoms with Gasteiger partial charge in [0.15, 0.2) is 0 Å². The number of hydrogen-bond acceptors (Lipinski definition) is 3. The summed E-state index contributed by atoms with van der Waals surface area (Å²) in [4.78, 5) is 10.7. The van der Waals surface area contributed by atoms with E-state index in [1.165, 1.54) is 0 Å². The van der Waals surface area contributed by atoms with E-state index in [-0.39, 0.29) is 5.56 Å². The molecule has 0 aliphatic heterocycles. The highest BCUT2D eigenvalue weighted by Crippen LogP contribution is 2.16. The van der Waals surface area contributed by atoms with Crippen molar-refractivity contribution in [3.63, 3.8) is 0 Å². The second kappa shape index (κ2) is 7.14. The van der Waals surface area contributed by atoms with E-state index in [0.29, 0.717) is 17.8 Å². The third kappa shape index (κ3) is 6.82. The van der Waals surface area contributed by atoms with Crippen LogP contribution in [0.2, 0.25) is 0 Å². The van der Waals surface area contributed by atoms with Crippen LogP contribution >= 0.6 is 0 Å². The Labute approximate surface area is 114 Å². The van der Waals surface area contributed by atoms with Crippen LogP contribution in [0.25, 0.3) is 0 Å². The molecule has 1 aromatic carbocycles. The van der Waals surface area contributed by atoms with Crippen LogP contribution in [0.1, 0.15) is 37.6 Å². The summed E-state index contributed by atoms with van der Waals surface area (Å²) in [5, 5.41) is 12.1. The summed E-state index contributed by atoms with van der Waals surface area (Å²) in [5.41, 5.74) is 0.621. The molecule has 0 aliphatic rings. The third-order valence-electron chi connectivity index (χ3n) is 2.70. The number of benzene rings is 1. The largest absolute Gasteiger partial charge is 0.492 e. The molecule has 0 aromatic heterocycles. The summed E-state index contributed by atoms with van der Waals surface area (Å²) >= 11 is 0. The van der Waals surface area contributed by atoms with Crippen molar-refractivity contribution in [2.45, 2.75) is 27.2 Å². The number of carboxylic acids is 1. The Morgan fingerprint density at radius 3 is 2.37 bits per heavy atom. The van der Waals surface area contributed by atoms with Gasteiger partial charge in [-0.15, -0.1) is 0 Å². The molecule has 0 saturated heterocycles. The van der Waals surface area contributed by atoms with E-state index in [1.807, 2.05) is 0 Å². The average molecular weight is 265 g/mol. The van der Waals surface area contributed by atoms with Crippen molar-refractivity contribution in [3.05, 3.63) is 29.8 Å². The molecule has 0 spiro atoms. The van der Waals surface area contributed by atoms with Crippen molar-refractivity contribution in [1.29, 1.82) is 0 Å². The number of ether oxygens (including phenoxy) is 1. The third-order valence-corrected chi connectivity index (χ3v) is 2.70. The molecule has 0 radical (unpaired) electrons. The standard InChI is InChI=1S/C15H23NO3/c1-15(2,3)8-9-16-10-11-19-13-6-4-12(5-7-13)14(17)18/h4-7,16H,8-11H2,1-3H3,(H,17,18). The molecule has 0 saturated carbocycles. The quantitative estimate of drug-likeness (QED) is 0.744. The van der Waals surface area contributed by atoms with Crippen LogP contribution in [0.15, 0.2) is 24.3 Å². The molecule has 0 fully saturated rings. The first-order valence-corrected chi connectivity index (χ1v) is 6.55. The molecule has 0 atom stereocenters. The van der Waals surface area contributed by atoms with Gasteiger partial charge in [-0.25, -0.2) is 4.79 Å². The Bertz CT molecular complexity index is 393. The Balaban J connectivity index is 2.17. The molecular weight excluding hydrogens is 242 g/mol. The van der Waals surface area contributed by atoms with Crippen LogP contribution in [0.3, 0.4) is 0 Å². The molecule has 106 valence electrons. The first kappa shape index (κ1) is 15.5. The van der Waals surface area contributed by atoms with Gasteiger partial charge in [0.05, 0.1) is 5.56 Å². The molecule has 4 nitrogen and oxygen atoms in total. The van der Waals surface area contributed by atoms with E-state index in [1.54, 1.807) is 24.3 Å². The molecule has 0 amide bonds. The highest BCUT2D eigenvalue weighted by Gasteiger charge is 2.08. The molecule has 4 heteroatoms. The van der Waals surface area contributed by atoms with Gasteiger partial charge >= 0.3 is 5.97 Å². The minimum atomic E-state index is -0.921. The van der Waals surface area contributed by atoms with Gasteiger partial charge in [-0.2, -0.15) is 0 Å². The highest BCUT2D eigenvalue weighted by molar-refractivity contribution is 5.87. The molecular formula is C15H23NO3. The molecule has 0 aliphatic carbocycles. The molecule has 19 heavy (non-hydrogen) atoms. The second-order valence-corrected chi connectivity index (χ2v) is 5.74. The predicted octanol–water partition coefficient (Wildman–Crippen LogP) is 2.79. The Morgan fingerprint density at radius 1 is 1.21 bits per heavy atom. The van der Waals surface area contributed by atoms with Gasteiger partial charge in [-0.1, -0.05) is 20.8 Å². The van der Waals surface area contributed by atoms with Crippen molar-refractivity contribution in [3.8, 4) is 5.75 Å². The van der Waals surface area contributed by atoms with Gasteiger partial charge in [0.25, 0.3) is 0 Å². The van der Waals surface area contributed by atoms with E-state index in [9.17, 15) is 4.79 Å². The lowest BCUT2D eigenvalue weighted by Gasteiger charge is -2.18. The minimum Gasteiger partial charge on any atom is -0.492 e. The van der Waals surface area contributed by atoms with Crippen molar-refractivity contribution in [2.24, 2.45) is 5.41 Å². The van der Waals surface area contributed by atoms with E-state index in [4.69, 9.17) is 9.84 Å². The van der Waals surface area contributed by atoms with Crippen molar-refractivity contribution < 1.29 is 14.6 Å². The first-order chi connectivity index (χ1) is 8.88. The van der Waals surface area contributed by atoms with Crippen LogP contribution in [0.5, 0.6) is 5.75 Å². The molecule has 1 rings (SSSR count). The topological polar surface area (TPSA) is 58.6 Å². The predicted molar refractivity (Wildman–Crippen MR) is 75.8 cm³/mol. The maximum atomic E-state index is 10.7. The average Bonchev–Trinajstić information content (AvgIpc) is 2.33. The van der Waals surface area contributed by atoms with Crippen LogP contribution in [0.4, 0.5) is 0 Å². The summed E-state index contributed by atoms with van der Waals surface area (Å²) in [5.74, 6) is -0.224. The van der Waals surface area contributed by atoms with Gasteiger partial charge in [0.1, 0.15) is 12.4 Å². The number of carboxylic acid groups (broad SMARTS) is 1. The summed E-state index contributed by atoms with van der Waals surface area (Å²) in [6.07, 6.45) is 1.13. The number of carbonyl (C=O) groups is 1. The Hall–Kier alpha value is -1.55. The zero-order valence-corrected chi connectivity index (χ0v) is 11.9. The van der Waals surface area contributed by atoms with Crippen LogP contribution in [0, 0.1) is 5.41 Å². The maximum absolute atomic E-state index is 10.7. The van der Waals surface area contributed by atoms with Crippen molar-refractivity contribution >= 4 is 5.97 Å². The van der Waals surface area contributed by atoms with E-state index >= 15 is 0 Å². The van der Waals surface area contributed by atoms with Gasteiger partial charge in [-0.3, -0.25) is 0 Å². The summed E-state index contributed by atoms with van der Waals surface area (Å²) in [6.45, 7) is 9.00. The van der Waals surface area contributed by atoms with E-state index in [0.717, 1.165) is 19.5 Å². The van der Waals surface area contributed by atoms with Gasteiger partial charge in [0.2, 0.25) is 0 Å². The number of hydrogen-bond donors (Lipinski definition) is 2. The maximum Gasteiger partial charge on any atom is 0.335 e. The lowest BCUT2D eigenvalue weighted by Crippen LogP contribution is -2.25. The van der Waals surface area contributed by atoms with Gasteiger partial charge < -0.3 is 15.2 Å². The smallest absolute Gasteiger partial charge is 0.335 e. The highest BCUT2D eigenvalue weighted by atomic mass is 16.5. The number of nitrogens with one attached hydrogen (secondary N) is 1. The van der Waals surface area contributed by atoms with Crippen molar-refractivity contribution in [1.82, 2.24) is 5.32 Å². The molecule has 0 bridgehead atoms. The first-order valence-electron chi connectivity index (χ1n) is 6.55. The molecule has 0 unspecified atom stereocenters. The fraction of sp³-hybridized carbons (Fsp3) is 0.533. The normalized spacial score (nSPS) is 11.3.